The number of hydrogen-bond acceptors (Lipinski definition) is 2. The third kappa shape index (κ3) is 4.48. The number of fused-ring (bicyclic) bond motifs is 11. The first-order chi connectivity index (χ1) is 26.7. The first-order valence-electron chi connectivity index (χ1n) is 18.5. The van der Waals surface area contributed by atoms with Crippen molar-refractivity contribution in [1.29, 1.82) is 0 Å². The topological polar surface area (TPSA) is 0 Å². The summed E-state index contributed by atoms with van der Waals surface area (Å²) in [5.41, 5.74) is 7.55. The van der Waals surface area contributed by atoms with E-state index in [1.54, 1.807) is 0 Å². The van der Waals surface area contributed by atoms with Crippen LogP contribution in [0.5, 0.6) is 0 Å². The minimum atomic E-state index is 1.23. The van der Waals surface area contributed by atoms with Crippen LogP contribution in [0, 0.1) is 0 Å². The molecule has 0 atom stereocenters. The standard InChI is InChI=1S/C52H30S2/c1-2-10-34-27-37(22-19-31(34)9-1)51-41-14-5-3-12-39(41)50(40-13-4-6-15-42(40)51)33-20-17-32(18-21-33)35-23-25-43-48(28-35)54-47-26-24-36-29-49-45(30-44(36)52(43)47)38-11-7-8-16-46(38)53-49/h1-30H. The van der Waals surface area contributed by atoms with E-state index in [2.05, 4.69) is 182 Å². The molecule has 0 saturated carbocycles. The Morgan fingerprint density at radius 2 is 0.796 bits per heavy atom. The van der Waals surface area contributed by atoms with E-state index < -0.39 is 0 Å². The highest BCUT2D eigenvalue weighted by molar-refractivity contribution is 7.26. The van der Waals surface area contributed by atoms with Crippen molar-refractivity contribution < 1.29 is 0 Å². The Bertz CT molecular complexity index is 3430. The van der Waals surface area contributed by atoms with Crippen molar-refractivity contribution in [2.75, 3.05) is 0 Å². The van der Waals surface area contributed by atoms with Gasteiger partial charge in [0, 0.05) is 40.3 Å². The molecule has 250 valence electrons. The first-order valence-corrected chi connectivity index (χ1v) is 20.1. The maximum Gasteiger partial charge on any atom is 0.0361 e. The maximum atomic E-state index is 2.44. The summed E-state index contributed by atoms with van der Waals surface area (Å²) in [6.45, 7) is 0. The number of hydrogen-bond donors (Lipinski definition) is 0. The predicted molar refractivity (Wildman–Crippen MR) is 239 cm³/mol. The predicted octanol–water partition coefficient (Wildman–Crippen LogP) is 16.0. The summed E-state index contributed by atoms with van der Waals surface area (Å²) >= 11 is 3.79. The number of thiophene rings is 2. The van der Waals surface area contributed by atoms with Gasteiger partial charge in [-0.25, -0.2) is 0 Å². The third-order valence-electron chi connectivity index (χ3n) is 11.4. The van der Waals surface area contributed by atoms with Crippen molar-refractivity contribution in [3.8, 4) is 33.4 Å². The van der Waals surface area contributed by atoms with Crippen molar-refractivity contribution >= 4 is 106 Å². The Balaban J connectivity index is 0.982. The van der Waals surface area contributed by atoms with Gasteiger partial charge in [0.25, 0.3) is 0 Å². The molecule has 10 aromatic carbocycles. The summed E-state index contributed by atoms with van der Waals surface area (Å²) in [5, 5.41) is 15.7. The van der Waals surface area contributed by atoms with Crippen LogP contribution in [-0.4, -0.2) is 0 Å². The largest absolute Gasteiger partial charge is 0.135 e. The number of benzene rings is 10. The highest BCUT2D eigenvalue weighted by atomic mass is 32.1. The van der Waals surface area contributed by atoms with E-state index in [9.17, 15) is 0 Å². The highest BCUT2D eigenvalue weighted by Gasteiger charge is 2.18. The SMILES string of the molecule is c1ccc2cc(-c3c4ccccc4c(-c4ccc(-c5ccc6c(c5)sc5ccc7cc8sc9ccccc9c8cc7c56)cc4)c4ccccc34)ccc2c1. The van der Waals surface area contributed by atoms with Gasteiger partial charge in [-0.05, 0) is 113 Å². The molecule has 0 fully saturated rings. The third-order valence-corrected chi connectivity index (χ3v) is 13.7. The Labute approximate surface area is 319 Å². The van der Waals surface area contributed by atoms with Gasteiger partial charge >= 0.3 is 0 Å². The summed E-state index contributed by atoms with van der Waals surface area (Å²) in [6, 6.07) is 67.9. The fraction of sp³-hybridized carbons (Fsp3) is 0. The van der Waals surface area contributed by atoms with E-state index in [1.807, 2.05) is 22.7 Å². The van der Waals surface area contributed by atoms with Crippen LogP contribution in [0.15, 0.2) is 182 Å². The minimum Gasteiger partial charge on any atom is -0.135 e. The smallest absolute Gasteiger partial charge is 0.0361 e. The lowest BCUT2D eigenvalue weighted by Crippen LogP contribution is -1.91. The molecule has 0 aliphatic rings. The fourth-order valence-corrected chi connectivity index (χ4v) is 11.2. The van der Waals surface area contributed by atoms with Gasteiger partial charge in [-0.3, -0.25) is 0 Å². The molecule has 12 rings (SSSR count). The van der Waals surface area contributed by atoms with Gasteiger partial charge in [0.2, 0.25) is 0 Å². The zero-order chi connectivity index (χ0) is 35.3. The summed E-state index contributed by atoms with van der Waals surface area (Å²) in [7, 11) is 0. The van der Waals surface area contributed by atoms with E-state index in [0.717, 1.165) is 0 Å². The van der Waals surface area contributed by atoms with Gasteiger partial charge in [-0.15, -0.1) is 22.7 Å². The average Bonchev–Trinajstić information content (AvgIpc) is 3.79. The van der Waals surface area contributed by atoms with Crippen molar-refractivity contribution in [2.24, 2.45) is 0 Å². The molecule has 2 heterocycles. The van der Waals surface area contributed by atoms with E-state index in [4.69, 9.17) is 0 Å². The summed E-state index contributed by atoms with van der Waals surface area (Å²) in [4.78, 5) is 0. The molecule has 0 amide bonds. The molecule has 54 heavy (non-hydrogen) atoms. The molecule has 0 N–H and O–H groups in total. The molecule has 0 radical (unpaired) electrons. The van der Waals surface area contributed by atoms with E-state index in [-0.39, 0.29) is 0 Å². The Morgan fingerprint density at radius 1 is 0.241 bits per heavy atom. The lowest BCUT2D eigenvalue weighted by molar-refractivity contribution is 1.63. The van der Waals surface area contributed by atoms with Crippen LogP contribution in [0.3, 0.4) is 0 Å². The van der Waals surface area contributed by atoms with E-state index >= 15 is 0 Å². The van der Waals surface area contributed by atoms with Crippen molar-refractivity contribution in [2.45, 2.75) is 0 Å². The molecule has 2 heteroatoms. The minimum absolute atomic E-state index is 1.23. The van der Waals surface area contributed by atoms with Crippen LogP contribution in [0.1, 0.15) is 0 Å². The molecule has 12 aromatic rings. The molecule has 0 saturated heterocycles. The molecule has 0 aliphatic heterocycles. The van der Waals surface area contributed by atoms with Crippen LogP contribution < -0.4 is 0 Å². The molecule has 0 spiro atoms. The summed E-state index contributed by atoms with van der Waals surface area (Å²) in [6.07, 6.45) is 0. The normalized spacial score (nSPS) is 12.1. The molecular formula is C52H30S2. The van der Waals surface area contributed by atoms with Gasteiger partial charge in [-0.2, -0.15) is 0 Å². The van der Waals surface area contributed by atoms with Gasteiger partial charge in [0.05, 0.1) is 0 Å². The molecule has 0 aliphatic carbocycles. The number of rotatable bonds is 3. The lowest BCUT2D eigenvalue weighted by atomic mass is 9.85. The molecule has 0 nitrogen and oxygen atoms in total. The first kappa shape index (κ1) is 30.2. The van der Waals surface area contributed by atoms with Gasteiger partial charge in [-0.1, -0.05) is 146 Å². The maximum absolute atomic E-state index is 2.44. The van der Waals surface area contributed by atoms with E-state index in [0.29, 0.717) is 0 Å². The van der Waals surface area contributed by atoms with Crippen LogP contribution in [0.2, 0.25) is 0 Å². The van der Waals surface area contributed by atoms with Crippen LogP contribution >= 0.6 is 22.7 Å². The van der Waals surface area contributed by atoms with Crippen LogP contribution in [0.25, 0.3) is 117 Å². The quantitative estimate of drug-likeness (QED) is 0.160. The monoisotopic (exact) mass is 718 g/mol. The van der Waals surface area contributed by atoms with Gasteiger partial charge in [0.1, 0.15) is 0 Å². The second-order valence-electron chi connectivity index (χ2n) is 14.4. The fourth-order valence-electron chi connectivity index (χ4n) is 8.92. The molecule has 0 bridgehead atoms. The Morgan fingerprint density at radius 3 is 1.56 bits per heavy atom. The van der Waals surface area contributed by atoms with Crippen LogP contribution in [0.4, 0.5) is 0 Å². The second-order valence-corrected chi connectivity index (χ2v) is 16.6. The Kier molecular flexibility index (Phi) is 6.48. The molecular weight excluding hydrogens is 689 g/mol. The Hall–Kier alpha value is -6.32. The van der Waals surface area contributed by atoms with Crippen molar-refractivity contribution in [3.05, 3.63) is 182 Å². The van der Waals surface area contributed by atoms with Gasteiger partial charge in [0.15, 0.2) is 0 Å². The highest BCUT2D eigenvalue weighted by Crippen LogP contribution is 2.46. The average molecular weight is 719 g/mol. The van der Waals surface area contributed by atoms with Crippen LogP contribution in [-0.2, 0) is 0 Å². The van der Waals surface area contributed by atoms with Crippen molar-refractivity contribution in [3.63, 3.8) is 0 Å². The van der Waals surface area contributed by atoms with Gasteiger partial charge < -0.3 is 0 Å². The van der Waals surface area contributed by atoms with E-state index in [1.165, 1.54) is 117 Å². The zero-order valence-corrected chi connectivity index (χ0v) is 30.8. The summed E-state index contributed by atoms with van der Waals surface area (Å²) in [5.74, 6) is 0. The lowest BCUT2D eigenvalue weighted by Gasteiger charge is -2.18. The zero-order valence-electron chi connectivity index (χ0n) is 29.1. The summed E-state index contributed by atoms with van der Waals surface area (Å²) < 4.78 is 5.38. The second kappa shape index (κ2) is 11.6. The molecule has 2 aromatic heterocycles. The molecule has 0 unspecified atom stereocenters. The van der Waals surface area contributed by atoms with Crippen molar-refractivity contribution in [1.82, 2.24) is 0 Å².